The Morgan fingerprint density at radius 2 is 1.68 bits per heavy atom. The number of benzene rings is 1. The number of ether oxygens (including phenoxy) is 1. The Morgan fingerprint density at radius 3 is 2.12 bits per heavy atom. The third kappa shape index (κ3) is 8.43. The molecular weight excluding hydrogens is 436 g/mol. The van der Waals surface area contributed by atoms with E-state index in [2.05, 4.69) is 16.7 Å². The fourth-order valence-corrected chi connectivity index (χ4v) is 3.43. The van der Waals surface area contributed by atoms with Gasteiger partial charge < -0.3 is 21.1 Å². The summed E-state index contributed by atoms with van der Waals surface area (Å²) in [5, 5.41) is 5.28. The second-order valence-electron chi connectivity index (χ2n) is 9.41. The third-order valence-electron chi connectivity index (χ3n) is 4.80. The summed E-state index contributed by atoms with van der Waals surface area (Å²) in [7, 11) is 0. The molecule has 34 heavy (non-hydrogen) atoms. The van der Waals surface area contributed by atoms with Crippen molar-refractivity contribution in [3.05, 3.63) is 34.9 Å². The van der Waals surface area contributed by atoms with Gasteiger partial charge in [0.05, 0.1) is 0 Å². The van der Waals surface area contributed by atoms with Crippen LogP contribution < -0.4 is 16.4 Å². The molecule has 4 N–H and O–H groups in total. The molecule has 0 heterocycles. The molecule has 0 aliphatic rings. The maximum atomic E-state index is 13.6. The number of nitrogens with one attached hydrogen (secondary N) is 2. The molecule has 186 valence electrons. The van der Waals surface area contributed by atoms with Gasteiger partial charge in [0.25, 0.3) is 5.91 Å². The summed E-state index contributed by atoms with van der Waals surface area (Å²) in [6, 6.07) is 5.19. The number of aryl methyl sites for hydroxylation is 2. The monoisotopic (exact) mass is 472 g/mol. The van der Waals surface area contributed by atoms with Crippen molar-refractivity contribution >= 4 is 23.8 Å². The van der Waals surface area contributed by atoms with Crippen LogP contribution in [0.3, 0.4) is 0 Å². The standard InChI is InChI=1S/C25H36N4O5/c1-9-29(21(22(31)27-15(2)3)20-16(4)11-10-12-17(20)5)23(32)18(13-14-19(26)30)28-24(33)34-25(6,7)8/h1,10-12,15,18,21H,13-14H2,2-8H3,(H2,26,30)(H,27,31)(H,28,33). The van der Waals surface area contributed by atoms with Crippen LogP contribution in [0.2, 0.25) is 0 Å². The van der Waals surface area contributed by atoms with Crippen LogP contribution in [0, 0.1) is 26.3 Å². The number of rotatable bonds is 9. The molecule has 0 bridgehead atoms. The number of nitrogens with zero attached hydrogens (tertiary/aromatic N) is 1. The number of amides is 4. The quantitative estimate of drug-likeness (QED) is 0.375. The summed E-state index contributed by atoms with van der Waals surface area (Å²) in [4.78, 5) is 51.6. The van der Waals surface area contributed by atoms with Gasteiger partial charge in [0.2, 0.25) is 11.8 Å². The highest BCUT2D eigenvalue weighted by Gasteiger charge is 2.37. The van der Waals surface area contributed by atoms with Crippen LogP contribution in [-0.2, 0) is 19.1 Å². The lowest BCUT2D eigenvalue weighted by molar-refractivity contribution is -0.139. The predicted molar refractivity (Wildman–Crippen MR) is 129 cm³/mol. The normalized spacial score (nSPS) is 12.8. The van der Waals surface area contributed by atoms with Gasteiger partial charge in [-0.25, -0.2) is 4.79 Å². The minimum atomic E-state index is -1.24. The van der Waals surface area contributed by atoms with Gasteiger partial charge in [0.1, 0.15) is 17.7 Å². The van der Waals surface area contributed by atoms with Gasteiger partial charge in [-0.05, 0) is 71.6 Å². The summed E-state index contributed by atoms with van der Waals surface area (Å²) in [6.07, 6.45) is 4.59. The Kier molecular flexibility index (Phi) is 10.1. The number of nitrogens with two attached hydrogens (primary N) is 1. The van der Waals surface area contributed by atoms with Crippen molar-refractivity contribution in [3.8, 4) is 12.5 Å². The largest absolute Gasteiger partial charge is 0.444 e. The van der Waals surface area contributed by atoms with Gasteiger partial charge in [-0.15, -0.1) is 0 Å². The molecule has 9 heteroatoms. The van der Waals surface area contributed by atoms with E-state index in [1.807, 2.05) is 32.0 Å². The van der Waals surface area contributed by atoms with Crippen LogP contribution >= 0.6 is 0 Å². The lowest BCUT2D eigenvalue weighted by Gasteiger charge is -2.32. The number of alkyl carbamates (subject to hydrolysis) is 1. The predicted octanol–water partition coefficient (Wildman–Crippen LogP) is 2.45. The van der Waals surface area contributed by atoms with E-state index in [1.54, 1.807) is 34.6 Å². The van der Waals surface area contributed by atoms with Crippen molar-refractivity contribution in [2.75, 3.05) is 0 Å². The van der Waals surface area contributed by atoms with E-state index < -0.39 is 41.5 Å². The van der Waals surface area contributed by atoms with Crippen LogP contribution in [0.1, 0.15) is 70.2 Å². The third-order valence-corrected chi connectivity index (χ3v) is 4.80. The zero-order chi connectivity index (χ0) is 26.2. The Hall–Kier alpha value is -3.54. The zero-order valence-corrected chi connectivity index (χ0v) is 21.0. The second-order valence-corrected chi connectivity index (χ2v) is 9.41. The summed E-state index contributed by atoms with van der Waals surface area (Å²) >= 11 is 0. The molecule has 2 atom stereocenters. The van der Waals surface area contributed by atoms with Crippen molar-refractivity contribution in [1.82, 2.24) is 15.5 Å². The highest BCUT2D eigenvalue weighted by molar-refractivity contribution is 5.94. The van der Waals surface area contributed by atoms with E-state index in [1.165, 1.54) is 0 Å². The summed E-state index contributed by atoms with van der Waals surface area (Å²) in [5.41, 5.74) is 6.57. The first-order valence-electron chi connectivity index (χ1n) is 11.1. The lowest BCUT2D eigenvalue weighted by Crippen LogP contribution is -2.52. The molecule has 0 saturated carbocycles. The number of carbonyl (C=O) groups excluding carboxylic acids is 4. The molecular formula is C25H36N4O5. The molecule has 4 amide bonds. The van der Waals surface area contributed by atoms with Gasteiger partial charge in [-0.1, -0.05) is 24.6 Å². The van der Waals surface area contributed by atoms with Crippen molar-refractivity contribution in [2.45, 2.75) is 85.0 Å². The number of carbonyl (C=O) groups is 4. The number of hydrogen-bond acceptors (Lipinski definition) is 5. The highest BCUT2D eigenvalue weighted by Crippen LogP contribution is 2.28. The van der Waals surface area contributed by atoms with Gasteiger partial charge in [-0.2, -0.15) is 0 Å². The maximum absolute atomic E-state index is 13.6. The Labute approximate surface area is 201 Å². The summed E-state index contributed by atoms with van der Waals surface area (Å²) < 4.78 is 5.25. The van der Waals surface area contributed by atoms with E-state index in [0.29, 0.717) is 5.56 Å². The van der Waals surface area contributed by atoms with Crippen LogP contribution in [0.25, 0.3) is 0 Å². The SMILES string of the molecule is C#CN(C(=O)C(CCC(N)=O)NC(=O)OC(C)(C)C)C(C(=O)NC(C)C)c1c(C)cccc1C. The van der Waals surface area contributed by atoms with Crippen LogP contribution in [0.4, 0.5) is 4.79 Å². The van der Waals surface area contributed by atoms with E-state index in [-0.39, 0.29) is 18.9 Å². The molecule has 0 aromatic heterocycles. The Bertz CT molecular complexity index is 939. The average Bonchev–Trinajstić information content (AvgIpc) is 2.67. The average molecular weight is 473 g/mol. The van der Waals surface area contributed by atoms with Gasteiger partial charge in [0, 0.05) is 18.5 Å². The second kappa shape index (κ2) is 12.1. The Balaban J connectivity index is 3.47. The minimum absolute atomic E-state index is 0.114. The topological polar surface area (TPSA) is 131 Å². The van der Waals surface area contributed by atoms with E-state index in [9.17, 15) is 19.2 Å². The van der Waals surface area contributed by atoms with E-state index >= 15 is 0 Å². The smallest absolute Gasteiger partial charge is 0.408 e. The fourth-order valence-electron chi connectivity index (χ4n) is 3.43. The van der Waals surface area contributed by atoms with Crippen molar-refractivity contribution in [2.24, 2.45) is 5.73 Å². The van der Waals surface area contributed by atoms with Gasteiger partial charge in [0.15, 0.2) is 0 Å². The van der Waals surface area contributed by atoms with Crippen molar-refractivity contribution in [3.63, 3.8) is 0 Å². The first-order valence-corrected chi connectivity index (χ1v) is 11.1. The molecule has 0 aliphatic carbocycles. The van der Waals surface area contributed by atoms with E-state index in [0.717, 1.165) is 16.0 Å². The Morgan fingerprint density at radius 1 is 1.12 bits per heavy atom. The van der Waals surface area contributed by atoms with Crippen LogP contribution in [0.15, 0.2) is 18.2 Å². The van der Waals surface area contributed by atoms with Crippen LogP contribution in [-0.4, -0.2) is 46.4 Å². The van der Waals surface area contributed by atoms with Gasteiger partial charge >= 0.3 is 6.09 Å². The molecule has 1 aromatic carbocycles. The fraction of sp³-hybridized carbons (Fsp3) is 0.520. The molecule has 2 unspecified atom stereocenters. The molecule has 0 fully saturated rings. The van der Waals surface area contributed by atoms with E-state index in [4.69, 9.17) is 16.9 Å². The number of primary amides is 1. The molecule has 9 nitrogen and oxygen atoms in total. The highest BCUT2D eigenvalue weighted by atomic mass is 16.6. The van der Waals surface area contributed by atoms with Crippen LogP contribution in [0.5, 0.6) is 0 Å². The molecule has 0 saturated heterocycles. The number of terminal acetylenes is 1. The molecule has 0 radical (unpaired) electrons. The maximum Gasteiger partial charge on any atom is 0.408 e. The first-order chi connectivity index (χ1) is 15.7. The first kappa shape index (κ1) is 28.5. The lowest BCUT2D eigenvalue weighted by atomic mass is 9.93. The molecule has 0 spiro atoms. The summed E-state index contributed by atoms with van der Waals surface area (Å²) in [6.45, 7) is 12.2. The summed E-state index contributed by atoms with van der Waals surface area (Å²) in [5.74, 6) is -1.86. The van der Waals surface area contributed by atoms with Crippen molar-refractivity contribution < 1.29 is 23.9 Å². The minimum Gasteiger partial charge on any atom is -0.444 e. The van der Waals surface area contributed by atoms with Gasteiger partial charge in [-0.3, -0.25) is 19.3 Å². The number of hydrogen-bond donors (Lipinski definition) is 3. The zero-order valence-electron chi connectivity index (χ0n) is 21.0. The molecule has 1 aromatic rings. The molecule has 1 rings (SSSR count). The molecule has 0 aliphatic heterocycles. The van der Waals surface area contributed by atoms with Crippen molar-refractivity contribution in [1.29, 1.82) is 0 Å².